The maximum absolute atomic E-state index is 6.20. The molecule has 0 aromatic heterocycles. The molecule has 4 heteroatoms. The molecular formula is C20H26N2O2. The second-order valence-electron chi connectivity index (χ2n) is 6.39. The topological polar surface area (TPSA) is 70.5 Å². The minimum Gasteiger partial charge on any atom is -0.493 e. The van der Waals surface area contributed by atoms with Crippen molar-refractivity contribution in [3.63, 3.8) is 0 Å². The first kappa shape index (κ1) is 16.7. The van der Waals surface area contributed by atoms with E-state index in [0.29, 0.717) is 12.6 Å². The Morgan fingerprint density at radius 3 is 2.29 bits per heavy atom. The van der Waals surface area contributed by atoms with Gasteiger partial charge in [-0.15, -0.1) is 0 Å². The van der Waals surface area contributed by atoms with Crippen LogP contribution in [0.3, 0.4) is 0 Å². The van der Waals surface area contributed by atoms with Crippen LogP contribution < -0.4 is 20.9 Å². The normalized spacial score (nSPS) is 16.1. The van der Waals surface area contributed by atoms with Gasteiger partial charge in [-0.2, -0.15) is 0 Å². The molecule has 1 fully saturated rings. The summed E-state index contributed by atoms with van der Waals surface area (Å²) in [4.78, 5) is 0. The van der Waals surface area contributed by atoms with Crippen LogP contribution in [0.15, 0.2) is 42.5 Å². The van der Waals surface area contributed by atoms with E-state index in [4.69, 9.17) is 20.9 Å². The third-order valence-electron chi connectivity index (χ3n) is 4.76. The summed E-state index contributed by atoms with van der Waals surface area (Å²) >= 11 is 0. The zero-order valence-corrected chi connectivity index (χ0v) is 14.2. The molecule has 1 aliphatic carbocycles. The Balaban J connectivity index is 1.89. The Hall–Kier alpha value is -2.20. The lowest BCUT2D eigenvalue weighted by molar-refractivity contribution is 0.200. The number of nitrogens with two attached hydrogens (primary N) is 2. The number of methoxy groups -OCH3 is 1. The highest BCUT2D eigenvalue weighted by atomic mass is 16.5. The van der Waals surface area contributed by atoms with E-state index in [1.807, 2.05) is 30.3 Å². The lowest BCUT2D eigenvalue weighted by Crippen LogP contribution is -2.15. The molecule has 1 atom stereocenters. The average molecular weight is 326 g/mol. The molecule has 128 valence electrons. The van der Waals surface area contributed by atoms with Crippen molar-refractivity contribution in [3.05, 3.63) is 53.6 Å². The molecule has 3 rings (SSSR count). The second kappa shape index (κ2) is 7.58. The van der Waals surface area contributed by atoms with Crippen molar-refractivity contribution >= 4 is 5.69 Å². The largest absolute Gasteiger partial charge is 0.493 e. The van der Waals surface area contributed by atoms with Crippen molar-refractivity contribution < 1.29 is 9.47 Å². The summed E-state index contributed by atoms with van der Waals surface area (Å²) in [5.74, 6) is 1.71. The van der Waals surface area contributed by atoms with Gasteiger partial charge in [0.1, 0.15) is 0 Å². The van der Waals surface area contributed by atoms with Crippen LogP contribution in [0.2, 0.25) is 0 Å². The van der Waals surface area contributed by atoms with E-state index in [1.165, 1.54) is 12.8 Å². The van der Waals surface area contributed by atoms with E-state index in [-0.39, 0.29) is 5.92 Å². The van der Waals surface area contributed by atoms with Gasteiger partial charge in [-0.3, -0.25) is 0 Å². The average Bonchev–Trinajstić information content (AvgIpc) is 3.10. The van der Waals surface area contributed by atoms with Crippen molar-refractivity contribution in [3.8, 4) is 11.5 Å². The number of anilines is 1. The lowest BCUT2D eigenvalue weighted by atomic mass is 9.91. The predicted molar refractivity (Wildman–Crippen MR) is 97.6 cm³/mol. The minimum atomic E-state index is 0.113. The summed E-state index contributed by atoms with van der Waals surface area (Å²) in [5.41, 5.74) is 14.9. The molecule has 1 aliphatic rings. The van der Waals surface area contributed by atoms with Crippen LogP contribution in [-0.2, 0) is 0 Å². The van der Waals surface area contributed by atoms with Crippen molar-refractivity contribution in [1.82, 2.24) is 0 Å². The van der Waals surface area contributed by atoms with Gasteiger partial charge in [0.25, 0.3) is 0 Å². The van der Waals surface area contributed by atoms with Gasteiger partial charge in [-0.25, -0.2) is 0 Å². The number of ether oxygens (including phenoxy) is 2. The lowest BCUT2D eigenvalue weighted by Gasteiger charge is -2.20. The Morgan fingerprint density at radius 1 is 1.00 bits per heavy atom. The van der Waals surface area contributed by atoms with Gasteiger partial charge in [0.05, 0.1) is 13.2 Å². The fourth-order valence-corrected chi connectivity index (χ4v) is 3.38. The molecular weight excluding hydrogens is 300 g/mol. The highest BCUT2D eigenvalue weighted by Gasteiger charge is 2.20. The van der Waals surface area contributed by atoms with Gasteiger partial charge in [-0.05, 0) is 61.1 Å². The number of nitrogen functional groups attached to an aromatic ring is 1. The second-order valence-corrected chi connectivity index (χ2v) is 6.39. The van der Waals surface area contributed by atoms with Crippen LogP contribution in [0.1, 0.15) is 42.7 Å². The number of rotatable bonds is 6. The first-order valence-corrected chi connectivity index (χ1v) is 8.61. The number of hydrogen-bond acceptors (Lipinski definition) is 4. The third-order valence-corrected chi connectivity index (χ3v) is 4.76. The number of hydrogen-bond donors (Lipinski definition) is 2. The first-order chi connectivity index (χ1) is 11.7. The van der Waals surface area contributed by atoms with Crippen molar-refractivity contribution in [2.24, 2.45) is 5.73 Å². The molecule has 1 saturated carbocycles. The van der Waals surface area contributed by atoms with E-state index >= 15 is 0 Å². The van der Waals surface area contributed by atoms with E-state index in [0.717, 1.165) is 41.2 Å². The standard InChI is InChI=1S/C20H26N2O2/c1-23-19-11-8-15(12-20(19)24-17-4-2-3-5-17)18(13-21)14-6-9-16(22)10-7-14/h6-12,17-18H,2-5,13,21-22H2,1H3. The molecule has 4 nitrogen and oxygen atoms in total. The zero-order valence-electron chi connectivity index (χ0n) is 14.2. The molecule has 2 aromatic rings. The smallest absolute Gasteiger partial charge is 0.161 e. The molecule has 0 amide bonds. The monoisotopic (exact) mass is 326 g/mol. The molecule has 1 unspecified atom stereocenters. The molecule has 2 aromatic carbocycles. The molecule has 0 aliphatic heterocycles. The Bertz CT molecular complexity index is 664. The van der Waals surface area contributed by atoms with E-state index in [9.17, 15) is 0 Å². The van der Waals surface area contributed by atoms with Crippen LogP contribution in [0.5, 0.6) is 11.5 Å². The van der Waals surface area contributed by atoms with Crippen LogP contribution in [0.25, 0.3) is 0 Å². The summed E-state index contributed by atoms with van der Waals surface area (Å²) in [5, 5.41) is 0. The first-order valence-electron chi connectivity index (χ1n) is 8.61. The predicted octanol–water partition coefficient (Wildman–Crippen LogP) is 3.69. The summed E-state index contributed by atoms with van der Waals surface area (Å²) in [7, 11) is 1.68. The molecule has 24 heavy (non-hydrogen) atoms. The highest BCUT2D eigenvalue weighted by molar-refractivity contribution is 5.48. The van der Waals surface area contributed by atoms with Crippen LogP contribution in [0, 0.1) is 0 Å². The van der Waals surface area contributed by atoms with E-state index < -0.39 is 0 Å². The van der Waals surface area contributed by atoms with Crippen LogP contribution in [-0.4, -0.2) is 19.8 Å². The quantitative estimate of drug-likeness (QED) is 0.794. The number of benzene rings is 2. The summed E-state index contributed by atoms with van der Waals surface area (Å²) in [6.07, 6.45) is 5.01. The molecule has 0 radical (unpaired) electrons. The van der Waals surface area contributed by atoms with Gasteiger partial charge in [0.15, 0.2) is 11.5 Å². The molecule has 0 spiro atoms. The third kappa shape index (κ3) is 3.65. The van der Waals surface area contributed by atoms with Crippen LogP contribution >= 0.6 is 0 Å². The van der Waals surface area contributed by atoms with Gasteiger partial charge < -0.3 is 20.9 Å². The van der Waals surface area contributed by atoms with Crippen molar-refractivity contribution in [2.75, 3.05) is 19.4 Å². The van der Waals surface area contributed by atoms with Crippen molar-refractivity contribution in [1.29, 1.82) is 0 Å². The minimum absolute atomic E-state index is 0.113. The zero-order chi connectivity index (χ0) is 16.9. The van der Waals surface area contributed by atoms with Gasteiger partial charge in [-0.1, -0.05) is 18.2 Å². The Labute approximate surface area is 143 Å². The van der Waals surface area contributed by atoms with Crippen LogP contribution in [0.4, 0.5) is 5.69 Å². The van der Waals surface area contributed by atoms with Gasteiger partial charge in [0, 0.05) is 18.2 Å². The fourth-order valence-electron chi connectivity index (χ4n) is 3.38. The Kier molecular flexibility index (Phi) is 5.26. The van der Waals surface area contributed by atoms with Crippen molar-refractivity contribution in [2.45, 2.75) is 37.7 Å². The van der Waals surface area contributed by atoms with Gasteiger partial charge in [0.2, 0.25) is 0 Å². The van der Waals surface area contributed by atoms with E-state index in [1.54, 1.807) is 7.11 Å². The maximum Gasteiger partial charge on any atom is 0.161 e. The summed E-state index contributed by atoms with van der Waals surface area (Å²) in [6.45, 7) is 0.527. The molecule has 0 saturated heterocycles. The fraction of sp³-hybridized carbons (Fsp3) is 0.400. The molecule has 0 bridgehead atoms. The summed E-state index contributed by atoms with van der Waals surface area (Å²) < 4.78 is 11.7. The SMILES string of the molecule is COc1ccc(C(CN)c2ccc(N)cc2)cc1OC1CCCC1. The van der Waals surface area contributed by atoms with Gasteiger partial charge >= 0.3 is 0 Å². The van der Waals surface area contributed by atoms with E-state index in [2.05, 4.69) is 12.1 Å². The highest BCUT2D eigenvalue weighted by Crippen LogP contribution is 2.35. The summed E-state index contributed by atoms with van der Waals surface area (Å²) in [6, 6.07) is 14.0. The maximum atomic E-state index is 6.20. The molecule has 0 heterocycles. The molecule has 4 N–H and O–H groups in total. The Morgan fingerprint density at radius 2 is 1.67 bits per heavy atom.